The van der Waals surface area contributed by atoms with E-state index in [1.165, 1.54) is 0 Å². The van der Waals surface area contributed by atoms with Gasteiger partial charge in [0.2, 0.25) is 5.91 Å². The molecule has 0 aliphatic carbocycles. The Morgan fingerprint density at radius 1 is 1.36 bits per heavy atom. The van der Waals surface area contributed by atoms with Gasteiger partial charge in [-0.05, 0) is 43.5 Å². The summed E-state index contributed by atoms with van der Waals surface area (Å²) in [5.74, 6) is 0.862. The highest BCUT2D eigenvalue weighted by molar-refractivity contribution is 5.94. The fraction of sp³-hybridized carbons (Fsp3) is 0.476. The number of carbonyl (C=O) groups is 1. The van der Waals surface area contributed by atoms with Crippen molar-refractivity contribution >= 4 is 22.5 Å². The number of rotatable bonds is 5. The molecule has 1 aromatic heterocycles. The summed E-state index contributed by atoms with van der Waals surface area (Å²) < 4.78 is 5.55. The van der Waals surface area contributed by atoms with Gasteiger partial charge in [-0.15, -0.1) is 0 Å². The number of anilines is 1. The molecule has 1 unspecified atom stereocenters. The third-order valence-electron chi connectivity index (χ3n) is 5.67. The summed E-state index contributed by atoms with van der Waals surface area (Å²) in [6.07, 6.45) is 4.45. The number of amides is 1. The van der Waals surface area contributed by atoms with Gasteiger partial charge in [0, 0.05) is 37.3 Å². The first-order valence-electron chi connectivity index (χ1n) is 9.79. The van der Waals surface area contributed by atoms with E-state index >= 15 is 0 Å². The first-order valence-corrected chi connectivity index (χ1v) is 9.79. The Morgan fingerprint density at radius 2 is 2.25 bits per heavy atom. The van der Waals surface area contributed by atoms with E-state index < -0.39 is 0 Å². The van der Waals surface area contributed by atoms with E-state index in [0.717, 1.165) is 54.7 Å². The second-order valence-corrected chi connectivity index (χ2v) is 7.45. The first-order chi connectivity index (χ1) is 13.7. The summed E-state index contributed by atoms with van der Waals surface area (Å²) in [5, 5.41) is 13.8. The van der Waals surface area contributed by atoms with Crippen LogP contribution in [-0.4, -0.2) is 66.1 Å². The zero-order chi connectivity index (χ0) is 19.5. The molecule has 1 N–H and O–H groups in total. The molecular formula is C21H25N5O2. The molecule has 2 aromatic rings. The number of hydrogen-bond acceptors (Lipinski definition) is 6. The number of hydrogen-bond donors (Lipinski definition) is 1. The molecule has 1 amide bonds. The van der Waals surface area contributed by atoms with Gasteiger partial charge in [-0.2, -0.15) is 5.26 Å². The monoisotopic (exact) mass is 379 g/mol. The lowest BCUT2D eigenvalue weighted by atomic mass is 10.1. The SMILES string of the molecule is COc1ccc2ncccc2c1N[C@H]1CCN(CC(=O)N2CCCC2C#N)C1. The average Bonchev–Trinajstić information content (AvgIpc) is 3.37. The van der Waals surface area contributed by atoms with E-state index in [4.69, 9.17) is 4.74 Å². The van der Waals surface area contributed by atoms with Crippen molar-refractivity contribution in [3.05, 3.63) is 30.5 Å². The lowest BCUT2D eigenvalue weighted by Crippen LogP contribution is -2.42. The molecule has 146 valence electrons. The minimum Gasteiger partial charge on any atom is -0.495 e. The van der Waals surface area contributed by atoms with Crippen LogP contribution in [0.15, 0.2) is 30.5 Å². The maximum atomic E-state index is 12.6. The highest BCUT2D eigenvalue weighted by atomic mass is 16.5. The maximum Gasteiger partial charge on any atom is 0.237 e. The minimum absolute atomic E-state index is 0.0663. The van der Waals surface area contributed by atoms with Gasteiger partial charge < -0.3 is 15.0 Å². The first kappa shape index (κ1) is 18.5. The van der Waals surface area contributed by atoms with Crippen LogP contribution in [0.3, 0.4) is 0 Å². The number of pyridine rings is 1. The Labute approximate surface area is 164 Å². The molecule has 0 spiro atoms. The van der Waals surface area contributed by atoms with E-state index in [9.17, 15) is 10.1 Å². The van der Waals surface area contributed by atoms with Crippen LogP contribution in [0.5, 0.6) is 5.75 Å². The van der Waals surface area contributed by atoms with Gasteiger partial charge >= 0.3 is 0 Å². The Bertz CT molecular complexity index is 909. The molecule has 2 aliphatic heterocycles. The lowest BCUT2D eigenvalue weighted by molar-refractivity contribution is -0.132. The highest BCUT2D eigenvalue weighted by Crippen LogP contribution is 2.33. The predicted octanol–water partition coefficient (Wildman–Crippen LogP) is 2.24. The van der Waals surface area contributed by atoms with Crippen molar-refractivity contribution in [2.45, 2.75) is 31.3 Å². The second kappa shape index (κ2) is 8.03. The van der Waals surface area contributed by atoms with Crippen molar-refractivity contribution < 1.29 is 9.53 Å². The van der Waals surface area contributed by atoms with E-state index in [1.54, 1.807) is 18.2 Å². The summed E-state index contributed by atoms with van der Waals surface area (Å²) >= 11 is 0. The Morgan fingerprint density at radius 3 is 3.07 bits per heavy atom. The molecule has 3 heterocycles. The van der Waals surface area contributed by atoms with E-state index in [-0.39, 0.29) is 18.0 Å². The van der Waals surface area contributed by atoms with E-state index in [1.807, 2.05) is 24.3 Å². The van der Waals surface area contributed by atoms with Crippen LogP contribution in [0, 0.1) is 11.3 Å². The second-order valence-electron chi connectivity index (χ2n) is 7.45. The fourth-order valence-corrected chi connectivity index (χ4v) is 4.23. The van der Waals surface area contributed by atoms with E-state index in [2.05, 4.69) is 21.3 Å². The summed E-state index contributed by atoms with van der Waals surface area (Å²) in [6.45, 7) is 2.73. The minimum atomic E-state index is -0.253. The number of carbonyl (C=O) groups excluding carboxylic acids is 1. The van der Waals surface area contributed by atoms with Gasteiger partial charge in [-0.3, -0.25) is 14.7 Å². The molecule has 2 aliphatic rings. The molecule has 0 bridgehead atoms. The van der Waals surface area contributed by atoms with Crippen molar-refractivity contribution in [2.75, 3.05) is 38.6 Å². The van der Waals surface area contributed by atoms with Crippen molar-refractivity contribution in [1.82, 2.24) is 14.8 Å². The molecular weight excluding hydrogens is 354 g/mol. The smallest absolute Gasteiger partial charge is 0.237 e. The molecule has 7 nitrogen and oxygen atoms in total. The van der Waals surface area contributed by atoms with Crippen LogP contribution in [0.25, 0.3) is 10.9 Å². The van der Waals surface area contributed by atoms with Crippen molar-refractivity contribution in [1.29, 1.82) is 5.26 Å². The average molecular weight is 379 g/mol. The molecule has 0 radical (unpaired) electrons. The summed E-state index contributed by atoms with van der Waals surface area (Å²) in [6, 6.07) is 10.1. The highest BCUT2D eigenvalue weighted by Gasteiger charge is 2.31. The summed E-state index contributed by atoms with van der Waals surface area (Å²) in [4.78, 5) is 20.9. The topological polar surface area (TPSA) is 81.5 Å². The van der Waals surface area contributed by atoms with Crippen molar-refractivity contribution in [3.63, 3.8) is 0 Å². The Kier molecular flexibility index (Phi) is 5.31. The molecule has 28 heavy (non-hydrogen) atoms. The van der Waals surface area contributed by atoms with Gasteiger partial charge in [0.15, 0.2) is 0 Å². The van der Waals surface area contributed by atoms with Gasteiger partial charge in [-0.25, -0.2) is 0 Å². The number of nitrogens with zero attached hydrogens (tertiary/aromatic N) is 4. The Hall–Kier alpha value is -2.85. The number of methoxy groups -OCH3 is 1. The molecule has 2 saturated heterocycles. The van der Waals surface area contributed by atoms with Gasteiger partial charge in [0.05, 0.1) is 30.9 Å². The lowest BCUT2D eigenvalue weighted by Gasteiger charge is -2.23. The van der Waals surface area contributed by atoms with Crippen LogP contribution in [0.2, 0.25) is 0 Å². The molecule has 4 rings (SSSR count). The van der Waals surface area contributed by atoms with Crippen molar-refractivity contribution in [2.24, 2.45) is 0 Å². The van der Waals surface area contributed by atoms with Gasteiger partial charge in [-0.1, -0.05) is 0 Å². The number of ether oxygens (including phenoxy) is 1. The number of nitriles is 1. The third-order valence-corrected chi connectivity index (χ3v) is 5.67. The van der Waals surface area contributed by atoms with Crippen molar-refractivity contribution in [3.8, 4) is 11.8 Å². The fourth-order valence-electron chi connectivity index (χ4n) is 4.23. The summed E-state index contributed by atoms with van der Waals surface area (Å²) in [7, 11) is 1.67. The van der Waals surface area contributed by atoms with E-state index in [0.29, 0.717) is 13.1 Å². The Balaban J connectivity index is 1.42. The number of likely N-dealkylation sites (tertiary alicyclic amines) is 2. The standard InChI is InChI=1S/C21H25N5O2/c1-28-19-7-6-18-17(5-2-9-23-18)21(19)24-15-8-11-25(13-15)14-20(27)26-10-3-4-16(26)12-22/h2,5-7,9,15-16,24H,3-4,8,10-11,13-14H2,1H3/t15-,16?/m0/s1. The van der Waals surface area contributed by atoms with Crippen LogP contribution in [0.4, 0.5) is 5.69 Å². The normalized spacial score (nSPS) is 22.4. The molecule has 0 saturated carbocycles. The maximum absolute atomic E-state index is 12.6. The number of benzene rings is 1. The quantitative estimate of drug-likeness (QED) is 0.858. The number of nitrogens with one attached hydrogen (secondary N) is 1. The number of fused-ring (bicyclic) bond motifs is 1. The molecule has 2 atom stereocenters. The summed E-state index contributed by atoms with van der Waals surface area (Å²) in [5.41, 5.74) is 1.88. The predicted molar refractivity (Wildman–Crippen MR) is 107 cm³/mol. The van der Waals surface area contributed by atoms with Crippen LogP contribution >= 0.6 is 0 Å². The molecule has 2 fully saturated rings. The number of aromatic nitrogens is 1. The van der Waals surface area contributed by atoms with Crippen LogP contribution in [0.1, 0.15) is 19.3 Å². The van der Waals surface area contributed by atoms with Gasteiger partial charge in [0.25, 0.3) is 0 Å². The van der Waals surface area contributed by atoms with Crippen LogP contribution < -0.4 is 10.1 Å². The van der Waals surface area contributed by atoms with Crippen LogP contribution in [-0.2, 0) is 4.79 Å². The third kappa shape index (κ3) is 3.60. The van der Waals surface area contributed by atoms with Gasteiger partial charge in [0.1, 0.15) is 11.8 Å². The largest absolute Gasteiger partial charge is 0.495 e. The molecule has 7 heteroatoms. The zero-order valence-corrected chi connectivity index (χ0v) is 16.1. The molecule has 1 aromatic carbocycles. The zero-order valence-electron chi connectivity index (χ0n) is 16.1.